The molecule has 0 amide bonds. The summed E-state index contributed by atoms with van der Waals surface area (Å²) in [5.41, 5.74) is 0.903. The van der Waals surface area contributed by atoms with Gasteiger partial charge >= 0.3 is 0 Å². The lowest BCUT2D eigenvalue weighted by Crippen LogP contribution is -1.97. The third-order valence-electron chi connectivity index (χ3n) is 2.42. The van der Waals surface area contributed by atoms with Gasteiger partial charge in [-0.2, -0.15) is 0 Å². The molecule has 0 aromatic heterocycles. The van der Waals surface area contributed by atoms with E-state index in [1.807, 2.05) is 0 Å². The van der Waals surface area contributed by atoms with Crippen molar-refractivity contribution in [3.05, 3.63) is 70.2 Å². The van der Waals surface area contributed by atoms with E-state index in [4.69, 9.17) is 23.2 Å². The first kappa shape index (κ1) is 12.3. The predicted octanol–water partition coefficient (Wildman–Crippen LogP) is 4.95. The molecule has 0 saturated carbocycles. The highest BCUT2D eigenvalue weighted by molar-refractivity contribution is 6.31. The normalized spacial score (nSPS) is 12.5. The second kappa shape index (κ2) is 5.03. The highest BCUT2D eigenvalue weighted by Crippen LogP contribution is 2.32. The molecule has 0 saturated heterocycles. The minimum absolute atomic E-state index is 0.0234. The molecule has 4 heteroatoms. The van der Waals surface area contributed by atoms with Gasteiger partial charge in [0.25, 0.3) is 0 Å². The monoisotopic (exact) mass is 272 g/mol. The Bertz CT molecular complexity index is 523. The van der Waals surface area contributed by atoms with Crippen molar-refractivity contribution in [3.8, 4) is 0 Å². The van der Waals surface area contributed by atoms with Gasteiger partial charge < -0.3 is 0 Å². The lowest BCUT2D eigenvalue weighted by atomic mass is 10.0. The number of hydrogen-bond donors (Lipinski definition) is 0. The van der Waals surface area contributed by atoms with Crippen molar-refractivity contribution in [2.75, 3.05) is 0 Å². The maximum Gasteiger partial charge on any atom is 0.146 e. The quantitative estimate of drug-likeness (QED) is 0.679. The zero-order valence-electron chi connectivity index (χ0n) is 8.63. The lowest BCUT2D eigenvalue weighted by molar-refractivity contribution is 0.612. The smallest absolute Gasteiger partial charge is 0.146 e. The Kier molecular flexibility index (Phi) is 3.65. The zero-order valence-corrected chi connectivity index (χ0v) is 10.1. The number of benzene rings is 2. The summed E-state index contributed by atoms with van der Waals surface area (Å²) in [6.07, 6.45) is 0. The van der Waals surface area contributed by atoms with E-state index in [1.54, 1.807) is 12.1 Å². The van der Waals surface area contributed by atoms with Crippen LogP contribution in [0.1, 0.15) is 16.5 Å². The molecule has 0 fully saturated rings. The number of hydrogen-bond acceptors (Lipinski definition) is 0. The van der Waals surface area contributed by atoms with Gasteiger partial charge in [0.1, 0.15) is 11.6 Å². The lowest BCUT2D eigenvalue weighted by Gasteiger charge is -2.11. The Morgan fingerprint density at radius 3 is 2.24 bits per heavy atom. The molecule has 1 atom stereocenters. The molecule has 0 aliphatic carbocycles. The molecule has 1 unspecified atom stereocenters. The van der Waals surface area contributed by atoms with Crippen molar-refractivity contribution >= 4 is 23.2 Å². The van der Waals surface area contributed by atoms with Gasteiger partial charge in [-0.05, 0) is 23.8 Å². The summed E-state index contributed by atoms with van der Waals surface area (Å²) in [4.78, 5) is 0. The fourth-order valence-corrected chi connectivity index (χ4v) is 2.02. The van der Waals surface area contributed by atoms with Crippen LogP contribution < -0.4 is 0 Å². The van der Waals surface area contributed by atoms with E-state index >= 15 is 0 Å². The largest absolute Gasteiger partial charge is 0.207 e. The summed E-state index contributed by atoms with van der Waals surface area (Å²) < 4.78 is 26.5. The second-order valence-electron chi connectivity index (χ2n) is 3.56. The first-order valence-electron chi connectivity index (χ1n) is 4.93. The van der Waals surface area contributed by atoms with E-state index in [2.05, 4.69) is 0 Å². The van der Waals surface area contributed by atoms with Gasteiger partial charge in [-0.3, -0.25) is 0 Å². The molecule has 88 valence electrons. The van der Waals surface area contributed by atoms with Crippen molar-refractivity contribution in [2.45, 2.75) is 5.38 Å². The molecule has 2 aromatic rings. The molecule has 0 N–H and O–H groups in total. The summed E-state index contributed by atoms with van der Waals surface area (Å²) in [5, 5.41) is -0.662. The average molecular weight is 273 g/mol. The van der Waals surface area contributed by atoms with Crippen molar-refractivity contribution in [3.63, 3.8) is 0 Å². The van der Waals surface area contributed by atoms with Crippen LogP contribution in [0.5, 0.6) is 0 Å². The van der Waals surface area contributed by atoms with E-state index in [9.17, 15) is 8.78 Å². The maximum absolute atomic E-state index is 13.7. The van der Waals surface area contributed by atoms with Gasteiger partial charge in [0, 0.05) is 5.56 Å². The van der Waals surface area contributed by atoms with Crippen LogP contribution in [-0.2, 0) is 0 Å². The summed E-state index contributed by atoms with van der Waals surface area (Å²) in [6.45, 7) is 0. The van der Waals surface area contributed by atoms with Gasteiger partial charge in [-0.1, -0.05) is 35.9 Å². The van der Waals surface area contributed by atoms with Gasteiger partial charge in [0.05, 0.1) is 10.4 Å². The molecule has 2 rings (SSSR count). The molecule has 0 aliphatic rings. The molecule has 2 aromatic carbocycles. The molecule has 0 nitrogen and oxygen atoms in total. The Labute approximate surface area is 108 Å². The van der Waals surface area contributed by atoms with Crippen LogP contribution in [0.3, 0.4) is 0 Å². The fourth-order valence-electron chi connectivity index (χ4n) is 1.53. The maximum atomic E-state index is 13.7. The molecule has 0 aliphatic heterocycles. The van der Waals surface area contributed by atoms with Crippen molar-refractivity contribution in [1.82, 2.24) is 0 Å². The molecule has 0 radical (unpaired) electrons. The molecule has 17 heavy (non-hydrogen) atoms. The Morgan fingerprint density at radius 2 is 1.59 bits per heavy atom. The Morgan fingerprint density at radius 1 is 0.941 bits per heavy atom. The summed E-state index contributed by atoms with van der Waals surface area (Å²) >= 11 is 11.8. The molecule has 0 heterocycles. The van der Waals surface area contributed by atoms with Crippen LogP contribution in [0.4, 0.5) is 8.78 Å². The van der Waals surface area contributed by atoms with E-state index in [-0.39, 0.29) is 16.4 Å². The summed E-state index contributed by atoms with van der Waals surface area (Å²) in [7, 11) is 0. The summed E-state index contributed by atoms with van der Waals surface area (Å²) in [5.74, 6) is -0.900. The highest BCUT2D eigenvalue weighted by atomic mass is 35.5. The van der Waals surface area contributed by atoms with Gasteiger partial charge in [-0.25, -0.2) is 8.78 Å². The van der Waals surface area contributed by atoms with E-state index in [0.717, 1.165) is 0 Å². The first-order valence-corrected chi connectivity index (χ1v) is 5.74. The van der Waals surface area contributed by atoms with E-state index in [1.165, 1.54) is 30.3 Å². The molecular formula is C13H8Cl2F2. The fraction of sp³-hybridized carbons (Fsp3) is 0.0769. The zero-order chi connectivity index (χ0) is 12.4. The van der Waals surface area contributed by atoms with Gasteiger partial charge in [-0.15, -0.1) is 11.6 Å². The second-order valence-corrected chi connectivity index (χ2v) is 4.40. The van der Waals surface area contributed by atoms with Crippen LogP contribution in [0.2, 0.25) is 5.02 Å². The summed E-state index contributed by atoms with van der Waals surface area (Å²) in [6, 6.07) is 10.2. The minimum Gasteiger partial charge on any atom is -0.207 e. The van der Waals surface area contributed by atoms with Crippen molar-refractivity contribution in [1.29, 1.82) is 0 Å². The van der Waals surface area contributed by atoms with Crippen LogP contribution in [-0.4, -0.2) is 0 Å². The Balaban J connectivity index is 2.40. The standard InChI is InChI=1S/C13H8Cl2F2/c14-11-3-1-2-10(13(11)17)12(15)8-4-6-9(16)7-5-8/h1-7,12H. The van der Waals surface area contributed by atoms with Crippen LogP contribution in [0, 0.1) is 11.6 Å². The van der Waals surface area contributed by atoms with Gasteiger partial charge in [0.15, 0.2) is 0 Å². The average Bonchev–Trinajstić information content (AvgIpc) is 2.33. The Hall–Kier alpha value is -1.12. The number of halogens is 4. The van der Waals surface area contributed by atoms with Crippen molar-refractivity contribution < 1.29 is 8.78 Å². The molecule has 0 bridgehead atoms. The predicted molar refractivity (Wildman–Crippen MR) is 65.5 cm³/mol. The van der Waals surface area contributed by atoms with Crippen LogP contribution in [0.25, 0.3) is 0 Å². The topological polar surface area (TPSA) is 0 Å². The minimum atomic E-state index is -0.686. The third-order valence-corrected chi connectivity index (χ3v) is 3.20. The molecular weight excluding hydrogens is 265 g/mol. The van der Waals surface area contributed by atoms with E-state index in [0.29, 0.717) is 5.56 Å². The number of rotatable bonds is 2. The third kappa shape index (κ3) is 2.59. The van der Waals surface area contributed by atoms with E-state index < -0.39 is 11.2 Å². The molecule has 0 spiro atoms. The SMILES string of the molecule is Fc1ccc(C(Cl)c2cccc(Cl)c2F)cc1. The number of alkyl halides is 1. The highest BCUT2D eigenvalue weighted by Gasteiger charge is 2.16. The first-order chi connectivity index (χ1) is 8.09. The van der Waals surface area contributed by atoms with Crippen LogP contribution >= 0.6 is 23.2 Å². The van der Waals surface area contributed by atoms with Crippen LogP contribution in [0.15, 0.2) is 42.5 Å². The van der Waals surface area contributed by atoms with Crippen molar-refractivity contribution in [2.24, 2.45) is 0 Å². The van der Waals surface area contributed by atoms with Gasteiger partial charge in [0.2, 0.25) is 0 Å².